The summed E-state index contributed by atoms with van der Waals surface area (Å²) in [5.41, 5.74) is 0.878. The van der Waals surface area contributed by atoms with Crippen LogP contribution >= 0.6 is 0 Å². The number of benzene rings is 1. The van der Waals surface area contributed by atoms with E-state index in [4.69, 9.17) is 0 Å². The maximum atomic E-state index is 12.6. The van der Waals surface area contributed by atoms with Gasteiger partial charge in [-0.05, 0) is 24.3 Å². The summed E-state index contributed by atoms with van der Waals surface area (Å²) in [4.78, 5) is 1.63. The zero-order chi connectivity index (χ0) is 16.3. The average Bonchev–Trinajstić information content (AvgIpc) is 2.55. The lowest BCUT2D eigenvalue weighted by Crippen LogP contribution is -3.18. The molecular weight excluding hydrogens is 308 g/mol. The number of quaternary nitrogens is 1. The quantitative estimate of drug-likeness (QED) is 0.900. The SMILES string of the molecule is C[C@@H]1CCC[C@H]([NH+]2CCN(S(=O)(=O)Cc3ccccc3)CC2)C1. The average molecular weight is 338 g/mol. The van der Waals surface area contributed by atoms with Crippen molar-refractivity contribution in [2.45, 2.75) is 44.4 Å². The third-order valence-corrected chi connectivity index (χ3v) is 7.31. The largest absolute Gasteiger partial charge is 0.330 e. The van der Waals surface area contributed by atoms with Crippen LogP contribution in [0.15, 0.2) is 30.3 Å². The van der Waals surface area contributed by atoms with E-state index in [0.717, 1.165) is 30.6 Å². The lowest BCUT2D eigenvalue weighted by molar-refractivity contribution is -0.930. The molecule has 4 nitrogen and oxygen atoms in total. The molecule has 0 bridgehead atoms. The maximum Gasteiger partial charge on any atom is 0.218 e. The summed E-state index contributed by atoms with van der Waals surface area (Å²) in [6.45, 7) is 5.63. The summed E-state index contributed by atoms with van der Waals surface area (Å²) >= 11 is 0. The molecule has 3 rings (SSSR count). The standard InChI is InChI=1S/C18H28N2O2S/c1-16-6-5-9-18(14-16)19-10-12-20(13-11-19)23(21,22)15-17-7-3-2-4-8-17/h2-4,7-8,16,18H,5-6,9-15H2,1H3/p+1/t16-,18+/m1/s1. The Balaban J connectivity index is 1.55. The van der Waals surface area contributed by atoms with E-state index < -0.39 is 10.0 Å². The molecule has 23 heavy (non-hydrogen) atoms. The van der Waals surface area contributed by atoms with Gasteiger partial charge in [0.15, 0.2) is 0 Å². The Morgan fingerprint density at radius 1 is 1.13 bits per heavy atom. The molecule has 2 atom stereocenters. The second-order valence-corrected chi connectivity index (χ2v) is 9.24. The van der Waals surface area contributed by atoms with Crippen LogP contribution in [-0.4, -0.2) is 44.9 Å². The molecule has 2 fully saturated rings. The van der Waals surface area contributed by atoms with E-state index in [1.807, 2.05) is 30.3 Å². The fraction of sp³-hybridized carbons (Fsp3) is 0.667. The number of hydrogen-bond donors (Lipinski definition) is 1. The molecule has 0 radical (unpaired) electrons. The minimum atomic E-state index is -3.18. The van der Waals surface area contributed by atoms with E-state index in [-0.39, 0.29) is 5.75 Å². The van der Waals surface area contributed by atoms with Gasteiger partial charge in [0.25, 0.3) is 0 Å². The number of sulfonamides is 1. The van der Waals surface area contributed by atoms with Crippen molar-refractivity contribution in [3.05, 3.63) is 35.9 Å². The van der Waals surface area contributed by atoms with Crippen molar-refractivity contribution in [3.63, 3.8) is 0 Å². The molecule has 1 heterocycles. The van der Waals surface area contributed by atoms with Gasteiger partial charge in [-0.25, -0.2) is 8.42 Å². The fourth-order valence-corrected chi connectivity index (χ4v) is 5.68. The van der Waals surface area contributed by atoms with E-state index >= 15 is 0 Å². The summed E-state index contributed by atoms with van der Waals surface area (Å²) in [6, 6.07) is 10.3. The highest BCUT2D eigenvalue weighted by Gasteiger charge is 2.34. The van der Waals surface area contributed by atoms with Crippen LogP contribution in [-0.2, 0) is 15.8 Å². The van der Waals surface area contributed by atoms with Gasteiger partial charge in [-0.3, -0.25) is 0 Å². The molecule has 128 valence electrons. The number of nitrogens with one attached hydrogen (secondary N) is 1. The molecule has 1 saturated carbocycles. The molecule has 1 saturated heterocycles. The van der Waals surface area contributed by atoms with Gasteiger partial charge in [0, 0.05) is 6.42 Å². The van der Waals surface area contributed by atoms with Crippen molar-refractivity contribution in [2.24, 2.45) is 5.92 Å². The number of piperazine rings is 1. The van der Waals surface area contributed by atoms with Crippen molar-refractivity contribution in [3.8, 4) is 0 Å². The predicted octanol–water partition coefficient (Wildman–Crippen LogP) is 1.30. The van der Waals surface area contributed by atoms with Crippen LogP contribution in [0.25, 0.3) is 0 Å². The first kappa shape index (κ1) is 16.9. The molecule has 0 spiro atoms. The van der Waals surface area contributed by atoms with Gasteiger partial charge in [0.1, 0.15) is 0 Å². The molecule has 2 aliphatic rings. The van der Waals surface area contributed by atoms with Crippen LogP contribution in [0.5, 0.6) is 0 Å². The first-order valence-electron chi connectivity index (χ1n) is 8.91. The third-order valence-electron chi connectivity index (χ3n) is 5.46. The molecule has 1 N–H and O–H groups in total. The topological polar surface area (TPSA) is 41.8 Å². The number of nitrogens with zero attached hydrogens (tertiary/aromatic N) is 1. The van der Waals surface area contributed by atoms with Crippen molar-refractivity contribution < 1.29 is 13.3 Å². The minimum absolute atomic E-state index is 0.129. The zero-order valence-electron chi connectivity index (χ0n) is 14.1. The molecule has 1 aromatic rings. The Kier molecular flexibility index (Phi) is 5.39. The molecular formula is C18H29N2O2S+. The Morgan fingerprint density at radius 3 is 2.48 bits per heavy atom. The van der Waals surface area contributed by atoms with Crippen molar-refractivity contribution in [1.29, 1.82) is 0 Å². The van der Waals surface area contributed by atoms with Crippen molar-refractivity contribution in [2.75, 3.05) is 26.2 Å². The lowest BCUT2D eigenvalue weighted by Gasteiger charge is -2.38. The Labute approximate surface area is 140 Å². The fourth-order valence-electron chi connectivity index (χ4n) is 4.14. The summed E-state index contributed by atoms with van der Waals surface area (Å²) < 4.78 is 26.9. The highest BCUT2D eigenvalue weighted by Crippen LogP contribution is 2.22. The molecule has 1 aliphatic carbocycles. The van der Waals surface area contributed by atoms with E-state index in [0.29, 0.717) is 13.1 Å². The van der Waals surface area contributed by atoms with Gasteiger partial charge in [0.05, 0.1) is 38.0 Å². The molecule has 5 heteroatoms. The first-order chi connectivity index (χ1) is 11.0. The van der Waals surface area contributed by atoms with E-state index in [1.54, 1.807) is 9.21 Å². The summed E-state index contributed by atoms with van der Waals surface area (Å²) in [5, 5.41) is 0. The van der Waals surface area contributed by atoms with Gasteiger partial charge in [-0.2, -0.15) is 4.31 Å². The van der Waals surface area contributed by atoms with E-state index in [9.17, 15) is 8.42 Å². The maximum absolute atomic E-state index is 12.6. The molecule has 0 aromatic heterocycles. The highest BCUT2D eigenvalue weighted by molar-refractivity contribution is 7.88. The lowest BCUT2D eigenvalue weighted by atomic mass is 9.86. The predicted molar refractivity (Wildman–Crippen MR) is 92.8 cm³/mol. The van der Waals surface area contributed by atoms with Gasteiger partial charge < -0.3 is 4.90 Å². The zero-order valence-corrected chi connectivity index (χ0v) is 14.9. The van der Waals surface area contributed by atoms with Crippen LogP contribution in [0.3, 0.4) is 0 Å². The van der Waals surface area contributed by atoms with Crippen LogP contribution in [0.4, 0.5) is 0 Å². The third kappa shape index (κ3) is 4.34. The Hall–Kier alpha value is -0.910. The van der Waals surface area contributed by atoms with Crippen molar-refractivity contribution in [1.82, 2.24) is 4.31 Å². The smallest absolute Gasteiger partial charge is 0.218 e. The monoisotopic (exact) mass is 337 g/mol. The van der Waals surface area contributed by atoms with Crippen LogP contribution in [0.2, 0.25) is 0 Å². The Morgan fingerprint density at radius 2 is 1.83 bits per heavy atom. The van der Waals surface area contributed by atoms with Gasteiger partial charge >= 0.3 is 0 Å². The molecule has 0 unspecified atom stereocenters. The van der Waals surface area contributed by atoms with Gasteiger partial charge in [0.2, 0.25) is 10.0 Å². The van der Waals surface area contributed by atoms with E-state index in [2.05, 4.69) is 6.92 Å². The first-order valence-corrected chi connectivity index (χ1v) is 10.5. The van der Waals surface area contributed by atoms with Gasteiger partial charge in [-0.1, -0.05) is 43.7 Å². The normalized spacial score (nSPS) is 27.9. The minimum Gasteiger partial charge on any atom is -0.330 e. The Bertz CT molecular complexity index is 595. The van der Waals surface area contributed by atoms with Crippen LogP contribution < -0.4 is 4.90 Å². The van der Waals surface area contributed by atoms with Gasteiger partial charge in [-0.15, -0.1) is 0 Å². The summed E-state index contributed by atoms with van der Waals surface area (Å²) in [7, 11) is -3.18. The number of rotatable bonds is 4. The molecule has 0 amide bonds. The van der Waals surface area contributed by atoms with Crippen LogP contribution in [0, 0.1) is 5.92 Å². The van der Waals surface area contributed by atoms with E-state index in [1.165, 1.54) is 25.7 Å². The number of hydrogen-bond acceptors (Lipinski definition) is 2. The summed E-state index contributed by atoms with van der Waals surface area (Å²) in [5.74, 6) is 0.963. The highest BCUT2D eigenvalue weighted by atomic mass is 32.2. The molecule has 1 aromatic carbocycles. The molecule has 1 aliphatic heterocycles. The van der Waals surface area contributed by atoms with Crippen LogP contribution in [0.1, 0.15) is 38.2 Å². The second kappa shape index (κ2) is 7.32. The second-order valence-electron chi connectivity index (χ2n) is 7.27. The summed E-state index contributed by atoms with van der Waals surface area (Å²) in [6.07, 6.45) is 5.33. The van der Waals surface area contributed by atoms with Crippen molar-refractivity contribution >= 4 is 10.0 Å².